The van der Waals surface area contributed by atoms with Crippen molar-refractivity contribution in [1.29, 1.82) is 0 Å². The normalized spacial score (nSPS) is 14.0. The molecule has 27 heavy (non-hydrogen) atoms. The lowest BCUT2D eigenvalue weighted by Crippen LogP contribution is -2.28. The smallest absolute Gasteiger partial charge is 0.317 e. The van der Waals surface area contributed by atoms with Crippen molar-refractivity contribution in [3.05, 3.63) is 48.0 Å². The molecule has 0 aliphatic carbocycles. The van der Waals surface area contributed by atoms with Gasteiger partial charge in [-0.2, -0.15) is 0 Å². The Kier molecular flexibility index (Phi) is 5.41. The van der Waals surface area contributed by atoms with Crippen LogP contribution in [0, 0.1) is 0 Å². The first-order chi connectivity index (χ1) is 12.9. The second kappa shape index (κ2) is 7.75. The predicted octanol–water partition coefficient (Wildman–Crippen LogP) is 2.03. The molecule has 0 spiro atoms. The van der Waals surface area contributed by atoms with Gasteiger partial charge in [0.25, 0.3) is 10.0 Å². The van der Waals surface area contributed by atoms with Crippen LogP contribution in [0.15, 0.2) is 47.4 Å². The van der Waals surface area contributed by atoms with Gasteiger partial charge in [-0.05, 0) is 23.8 Å². The second-order valence-corrected chi connectivity index (χ2v) is 7.62. The van der Waals surface area contributed by atoms with E-state index < -0.39 is 10.0 Å². The highest BCUT2D eigenvalue weighted by molar-refractivity contribution is 7.92. The molecule has 0 radical (unpaired) electrons. The average Bonchev–Trinajstić information content (AvgIpc) is 3.07. The molecule has 2 aromatic carbocycles. The van der Waals surface area contributed by atoms with Gasteiger partial charge in [-0.1, -0.05) is 18.2 Å². The number of anilines is 1. The fourth-order valence-corrected chi connectivity index (χ4v) is 3.93. The summed E-state index contributed by atoms with van der Waals surface area (Å²) in [5.74, 6) is 0.763. The van der Waals surface area contributed by atoms with Crippen molar-refractivity contribution in [1.82, 2.24) is 10.2 Å². The maximum absolute atomic E-state index is 12.8. The molecule has 1 aliphatic heterocycles. The van der Waals surface area contributed by atoms with Crippen LogP contribution in [0.25, 0.3) is 0 Å². The summed E-state index contributed by atoms with van der Waals surface area (Å²) < 4.78 is 38.6. The second-order valence-electron chi connectivity index (χ2n) is 5.93. The van der Waals surface area contributed by atoms with Crippen LogP contribution >= 0.6 is 0 Å². The number of nitrogens with one attached hydrogen (secondary N) is 2. The molecule has 2 N–H and O–H groups in total. The van der Waals surface area contributed by atoms with Crippen LogP contribution in [0.2, 0.25) is 0 Å². The van der Waals surface area contributed by atoms with E-state index in [0.29, 0.717) is 42.4 Å². The summed E-state index contributed by atoms with van der Waals surface area (Å²) in [5.41, 5.74) is 1.13. The summed E-state index contributed by atoms with van der Waals surface area (Å²) in [5, 5.41) is 2.73. The summed E-state index contributed by atoms with van der Waals surface area (Å²) in [6, 6.07) is 11.2. The van der Waals surface area contributed by atoms with E-state index in [0.717, 1.165) is 0 Å². The third-order valence-electron chi connectivity index (χ3n) is 4.23. The molecule has 0 saturated carbocycles. The Morgan fingerprint density at radius 3 is 2.52 bits per heavy atom. The number of sulfonamides is 1. The van der Waals surface area contributed by atoms with Gasteiger partial charge in [-0.3, -0.25) is 4.72 Å². The lowest BCUT2D eigenvalue weighted by atomic mass is 10.2. The van der Waals surface area contributed by atoms with Crippen molar-refractivity contribution in [2.75, 3.05) is 32.0 Å². The monoisotopic (exact) mass is 391 g/mol. The molecule has 2 aromatic rings. The van der Waals surface area contributed by atoms with Crippen LogP contribution in [0.5, 0.6) is 11.5 Å². The molecule has 0 aromatic heterocycles. The Labute approximate surface area is 158 Å². The van der Waals surface area contributed by atoms with E-state index in [2.05, 4.69) is 10.0 Å². The first-order valence-corrected chi connectivity index (χ1v) is 9.78. The van der Waals surface area contributed by atoms with Crippen molar-refractivity contribution < 1.29 is 22.7 Å². The maximum atomic E-state index is 12.8. The topological polar surface area (TPSA) is 97.0 Å². The van der Waals surface area contributed by atoms with Crippen molar-refractivity contribution in [2.45, 2.75) is 11.4 Å². The zero-order valence-electron chi connectivity index (χ0n) is 15.1. The number of rotatable bonds is 7. The molecule has 3 rings (SSSR count). The van der Waals surface area contributed by atoms with E-state index in [1.165, 1.54) is 32.4 Å². The first kappa shape index (κ1) is 18.8. The standard InChI is InChI=1S/C18H21N3O5S/c1-25-16-8-7-14(11-17(16)26-2)27(23,24)20-15-6-4-3-5-13(15)12-21-10-9-19-18(21)22/h3-8,11,20H,9-10,12H2,1-2H3,(H,19,22). The number of carbonyl (C=O) groups is 1. The largest absolute Gasteiger partial charge is 0.493 e. The molecule has 1 aliphatic rings. The molecule has 9 heteroatoms. The Bertz CT molecular complexity index is 946. The number of ether oxygens (including phenoxy) is 2. The van der Waals surface area contributed by atoms with E-state index in [1.807, 2.05) is 0 Å². The van der Waals surface area contributed by atoms with E-state index in [4.69, 9.17) is 9.47 Å². The van der Waals surface area contributed by atoms with Gasteiger partial charge < -0.3 is 19.7 Å². The van der Waals surface area contributed by atoms with Crippen molar-refractivity contribution in [3.8, 4) is 11.5 Å². The van der Waals surface area contributed by atoms with Crippen molar-refractivity contribution in [3.63, 3.8) is 0 Å². The Balaban J connectivity index is 1.87. The first-order valence-electron chi connectivity index (χ1n) is 8.30. The predicted molar refractivity (Wildman–Crippen MR) is 101 cm³/mol. The van der Waals surface area contributed by atoms with Gasteiger partial charge in [0.15, 0.2) is 11.5 Å². The number of methoxy groups -OCH3 is 2. The highest BCUT2D eigenvalue weighted by atomic mass is 32.2. The van der Waals surface area contributed by atoms with Gasteiger partial charge in [0.1, 0.15) is 0 Å². The number of carbonyl (C=O) groups excluding carboxylic acids is 1. The van der Waals surface area contributed by atoms with Gasteiger partial charge in [-0.25, -0.2) is 13.2 Å². The molecule has 8 nitrogen and oxygen atoms in total. The van der Waals surface area contributed by atoms with Gasteiger partial charge in [-0.15, -0.1) is 0 Å². The van der Waals surface area contributed by atoms with Gasteiger partial charge in [0, 0.05) is 25.7 Å². The minimum Gasteiger partial charge on any atom is -0.493 e. The molecule has 2 amide bonds. The molecule has 1 saturated heterocycles. The molecular weight excluding hydrogens is 370 g/mol. The SMILES string of the molecule is COc1ccc(S(=O)(=O)Nc2ccccc2CN2CCNC2=O)cc1OC. The van der Waals surface area contributed by atoms with Crippen LogP contribution in [0.4, 0.5) is 10.5 Å². The number of nitrogens with zero attached hydrogens (tertiary/aromatic N) is 1. The molecule has 0 atom stereocenters. The number of benzene rings is 2. The number of urea groups is 1. The summed E-state index contributed by atoms with van der Waals surface area (Å²) in [4.78, 5) is 13.5. The number of para-hydroxylation sites is 1. The fourth-order valence-electron chi connectivity index (χ4n) is 2.81. The summed E-state index contributed by atoms with van der Waals surface area (Å²) >= 11 is 0. The quantitative estimate of drug-likeness (QED) is 0.753. The highest BCUT2D eigenvalue weighted by Gasteiger charge is 2.22. The summed E-state index contributed by atoms with van der Waals surface area (Å²) in [7, 11) is -0.921. The Morgan fingerprint density at radius 2 is 1.85 bits per heavy atom. The minimum atomic E-state index is -3.85. The zero-order chi connectivity index (χ0) is 19.4. The molecule has 0 bridgehead atoms. The van der Waals surface area contributed by atoms with Gasteiger partial charge >= 0.3 is 6.03 Å². The maximum Gasteiger partial charge on any atom is 0.317 e. The summed E-state index contributed by atoms with van der Waals surface area (Å²) in [6.07, 6.45) is 0. The molecular formula is C18H21N3O5S. The number of hydrogen-bond acceptors (Lipinski definition) is 5. The minimum absolute atomic E-state index is 0.0499. The highest BCUT2D eigenvalue weighted by Crippen LogP contribution is 2.30. The van der Waals surface area contributed by atoms with Gasteiger partial charge in [0.05, 0.1) is 24.8 Å². The van der Waals surface area contributed by atoms with Crippen LogP contribution in [0.1, 0.15) is 5.56 Å². The molecule has 144 valence electrons. The Morgan fingerprint density at radius 1 is 1.11 bits per heavy atom. The van der Waals surface area contributed by atoms with Crippen LogP contribution in [-0.2, 0) is 16.6 Å². The van der Waals surface area contributed by atoms with Crippen molar-refractivity contribution in [2.24, 2.45) is 0 Å². The molecule has 0 unspecified atom stereocenters. The van der Waals surface area contributed by atoms with E-state index in [9.17, 15) is 13.2 Å². The van der Waals surface area contributed by atoms with Gasteiger partial charge in [0.2, 0.25) is 0 Å². The fraction of sp³-hybridized carbons (Fsp3) is 0.278. The van der Waals surface area contributed by atoms with E-state index in [1.54, 1.807) is 29.2 Å². The Hall–Kier alpha value is -2.94. The van der Waals surface area contributed by atoms with Crippen LogP contribution in [0.3, 0.4) is 0 Å². The third-order valence-corrected chi connectivity index (χ3v) is 5.60. The molecule has 1 heterocycles. The van der Waals surface area contributed by atoms with E-state index in [-0.39, 0.29) is 10.9 Å². The molecule has 1 fully saturated rings. The lowest BCUT2D eigenvalue weighted by Gasteiger charge is -2.18. The van der Waals surface area contributed by atoms with Crippen LogP contribution < -0.4 is 19.5 Å². The van der Waals surface area contributed by atoms with Crippen LogP contribution in [-0.4, -0.2) is 46.7 Å². The number of amides is 2. The third kappa shape index (κ3) is 4.08. The average molecular weight is 391 g/mol. The lowest BCUT2D eigenvalue weighted by molar-refractivity contribution is 0.215. The van der Waals surface area contributed by atoms with Crippen molar-refractivity contribution >= 4 is 21.7 Å². The van der Waals surface area contributed by atoms with E-state index >= 15 is 0 Å². The number of hydrogen-bond donors (Lipinski definition) is 2. The summed E-state index contributed by atoms with van der Waals surface area (Å²) in [6.45, 7) is 1.48. The zero-order valence-corrected chi connectivity index (χ0v) is 15.9.